The van der Waals surface area contributed by atoms with Gasteiger partial charge in [0, 0.05) is 12.1 Å². The van der Waals surface area contributed by atoms with Crippen molar-refractivity contribution < 1.29 is 14.3 Å². The third-order valence-electron chi connectivity index (χ3n) is 4.17. The van der Waals surface area contributed by atoms with Gasteiger partial charge in [-0.25, -0.2) is 0 Å². The summed E-state index contributed by atoms with van der Waals surface area (Å²) in [6.45, 7) is 0.390. The molecular weight excluding hydrogens is 314 g/mol. The van der Waals surface area contributed by atoms with E-state index in [9.17, 15) is 9.90 Å². The fraction of sp³-hybridized carbons (Fsp3) is 0.190. The maximum atomic E-state index is 12.8. The Morgan fingerprint density at radius 1 is 0.920 bits per heavy atom. The van der Waals surface area contributed by atoms with Gasteiger partial charge in [0.25, 0.3) is 0 Å². The van der Waals surface area contributed by atoms with E-state index in [1.165, 1.54) is 12.5 Å². The van der Waals surface area contributed by atoms with Crippen molar-refractivity contribution in [3.05, 3.63) is 95.9 Å². The van der Waals surface area contributed by atoms with E-state index in [1.807, 2.05) is 60.7 Å². The fourth-order valence-electron chi connectivity index (χ4n) is 2.85. The Labute approximate surface area is 147 Å². The summed E-state index contributed by atoms with van der Waals surface area (Å²) in [5, 5.41) is 13.0. The molecule has 1 amide bonds. The molecule has 25 heavy (non-hydrogen) atoms. The van der Waals surface area contributed by atoms with Crippen LogP contribution in [0.3, 0.4) is 0 Å². The molecule has 0 aliphatic heterocycles. The van der Waals surface area contributed by atoms with E-state index in [2.05, 4.69) is 5.32 Å². The summed E-state index contributed by atoms with van der Waals surface area (Å²) in [5.41, 5.74) is 2.61. The minimum atomic E-state index is -0.647. The molecule has 128 valence electrons. The van der Waals surface area contributed by atoms with Crippen LogP contribution in [0.5, 0.6) is 0 Å². The number of hydrogen-bond donors (Lipinski definition) is 2. The third-order valence-corrected chi connectivity index (χ3v) is 4.17. The Hall–Kier alpha value is -2.85. The number of benzene rings is 2. The number of aliphatic hydroxyl groups is 1. The molecule has 2 aromatic carbocycles. The normalized spacial score (nSPS) is 12.1. The molecule has 4 nitrogen and oxygen atoms in total. The van der Waals surface area contributed by atoms with Gasteiger partial charge in [-0.3, -0.25) is 4.79 Å². The topological polar surface area (TPSA) is 62.5 Å². The Morgan fingerprint density at radius 3 is 2.04 bits per heavy atom. The molecule has 3 aromatic rings. The highest BCUT2D eigenvalue weighted by Crippen LogP contribution is 2.25. The van der Waals surface area contributed by atoms with Gasteiger partial charge in [0.05, 0.1) is 24.5 Å². The summed E-state index contributed by atoms with van der Waals surface area (Å²) in [7, 11) is 0. The molecule has 0 bridgehead atoms. The Kier molecular flexibility index (Phi) is 5.65. The predicted molar refractivity (Wildman–Crippen MR) is 96.0 cm³/mol. The van der Waals surface area contributed by atoms with Crippen LogP contribution in [0.1, 0.15) is 35.1 Å². The van der Waals surface area contributed by atoms with Crippen molar-refractivity contribution in [2.45, 2.75) is 18.4 Å². The van der Waals surface area contributed by atoms with E-state index >= 15 is 0 Å². The van der Waals surface area contributed by atoms with Crippen molar-refractivity contribution in [2.75, 3.05) is 6.54 Å². The van der Waals surface area contributed by atoms with Crippen LogP contribution < -0.4 is 5.32 Å². The number of carbonyl (C=O) groups is 1. The van der Waals surface area contributed by atoms with E-state index < -0.39 is 6.10 Å². The van der Waals surface area contributed by atoms with Gasteiger partial charge in [-0.2, -0.15) is 0 Å². The summed E-state index contributed by atoms with van der Waals surface area (Å²) < 4.78 is 4.97. The predicted octanol–water partition coefficient (Wildman–Crippen LogP) is 3.65. The molecule has 0 saturated carbocycles. The second-order valence-corrected chi connectivity index (χ2v) is 5.91. The zero-order valence-corrected chi connectivity index (χ0v) is 13.8. The second kappa shape index (κ2) is 8.31. The van der Waals surface area contributed by atoms with Crippen LogP contribution in [0, 0.1) is 0 Å². The molecule has 0 saturated heterocycles. The van der Waals surface area contributed by atoms with Crippen molar-refractivity contribution in [3.8, 4) is 0 Å². The minimum absolute atomic E-state index is 0.0724. The lowest BCUT2D eigenvalue weighted by molar-refractivity contribution is -0.121. The summed E-state index contributed by atoms with van der Waals surface area (Å²) >= 11 is 0. The lowest BCUT2D eigenvalue weighted by Crippen LogP contribution is -2.31. The van der Waals surface area contributed by atoms with Gasteiger partial charge in [-0.1, -0.05) is 60.7 Å². The van der Waals surface area contributed by atoms with Crippen molar-refractivity contribution in [2.24, 2.45) is 0 Å². The van der Waals surface area contributed by atoms with Gasteiger partial charge in [0.1, 0.15) is 0 Å². The minimum Gasteiger partial charge on any atom is -0.472 e. The molecular formula is C21H21NO3. The summed E-state index contributed by atoms with van der Waals surface area (Å²) in [6, 6.07) is 21.1. The number of aliphatic hydroxyl groups excluding tert-OH is 1. The Morgan fingerprint density at radius 2 is 1.52 bits per heavy atom. The lowest BCUT2D eigenvalue weighted by atomic mass is 9.90. The zero-order chi connectivity index (χ0) is 17.5. The number of hydrogen-bond acceptors (Lipinski definition) is 3. The van der Waals surface area contributed by atoms with Crippen LogP contribution >= 0.6 is 0 Å². The standard InChI is InChI=1S/C21H21NO3/c23-19(18-12-14-25-15-18)11-13-22-21(24)20(16-7-3-1-4-8-16)17-9-5-2-6-10-17/h1-10,12,14-15,19-20,23H,11,13H2,(H,22,24). The second-order valence-electron chi connectivity index (χ2n) is 5.91. The molecule has 1 aromatic heterocycles. The molecule has 0 aliphatic carbocycles. The van der Waals surface area contributed by atoms with Gasteiger partial charge < -0.3 is 14.8 Å². The van der Waals surface area contributed by atoms with Crippen LogP contribution in [-0.4, -0.2) is 17.6 Å². The van der Waals surface area contributed by atoms with E-state index in [0.717, 1.165) is 16.7 Å². The highest BCUT2D eigenvalue weighted by molar-refractivity contribution is 5.87. The first kappa shape index (κ1) is 17.0. The zero-order valence-electron chi connectivity index (χ0n) is 13.8. The number of nitrogens with one attached hydrogen (secondary N) is 1. The van der Waals surface area contributed by atoms with Crippen molar-refractivity contribution in [3.63, 3.8) is 0 Å². The van der Waals surface area contributed by atoms with E-state index in [-0.39, 0.29) is 11.8 Å². The van der Waals surface area contributed by atoms with Crippen molar-refractivity contribution in [1.29, 1.82) is 0 Å². The van der Waals surface area contributed by atoms with Crippen molar-refractivity contribution >= 4 is 5.91 Å². The molecule has 0 radical (unpaired) electrons. The van der Waals surface area contributed by atoms with Crippen molar-refractivity contribution in [1.82, 2.24) is 5.32 Å². The number of carbonyl (C=O) groups excluding carboxylic acids is 1. The Balaban J connectivity index is 1.68. The smallest absolute Gasteiger partial charge is 0.232 e. The third kappa shape index (κ3) is 4.37. The number of rotatable bonds is 7. The van der Waals surface area contributed by atoms with E-state index in [4.69, 9.17) is 4.42 Å². The molecule has 1 atom stereocenters. The SMILES string of the molecule is O=C(NCCC(O)c1ccoc1)C(c1ccccc1)c1ccccc1. The molecule has 0 aliphatic rings. The molecule has 3 rings (SSSR count). The van der Waals surface area contributed by atoms with Crippen LogP contribution in [-0.2, 0) is 4.79 Å². The first-order chi connectivity index (χ1) is 12.3. The highest BCUT2D eigenvalue weighted by atomic mass is 16.3. The van der Waals surface area contributed by atoms with Gasteiger partial charge in [-0.15, -0.1) is 0 Å². The molecule has 1 unspecified atom stereocenters. The largest absolute Gasteiger partial charge is 0.472 e. The first-order valence-electron chi connectivity index (χ1n) is 8.33. The summed E-state index contributed by atoms with van der Waals surface area (Å²) in [6.07, 6.45) is 2.83. The molecule has 2 N–H and O–H groups in total. The molecule has 4 heteroatoms. The molecule has 0 fully saturated rings. The van der Waals surface area contributed by atoms with Crippen LogP contribution in [0.4, 0.5) is 0 Å². The summed E-state index contributed by atoms with van der Waals surface area (Å²) in [5.74, 6) is -0.440. The molecule has 0 spiro atoms. The molecule has 1 heterocycles. The number of amides is 1. The van der Waals surface area contributed by atoms with Crippen LogP contribution in [0.2, 0.25) is 0 Å². The summed E-state index contributed by atoms with van der Waals surface area (Å²) in [4.78, 5) is 12.8. The lowest BCUT2D eigenvalue weighted by Gasteiger charge is -2.18. The fourth-order valence-corrected chi connectivity index (χ4v) is 2.85. The van der Waals surface area contributed by atoms with Gasteiger partial charge >= 0.3 is 0 Å². The first-order valence-corrected chi connectivity index (χ1v) is 8.33. The Bertz CT molecular complexity index is 730. The maximum absolute atomic E-state index is 12.8. The van der Waals surface area contributed by atoms with Gasteiger partial charge in [0.2, 0.25) is 5.91 Å². The highest BCUT2D eigenvalue weighted by Gasteiger charge is 2.22. The van der Waals surface area contributed by atoms with Gasteiger partial charge in [0.15, 0.2) is 0 Å². The monoisotopic (exact) mass is 335 g/mol. The average Bonchev–Trinajstić information content (AvgIpc) is 3.18. The quantitative estimate of drug-likeness (QED) is 0.693. The average molecular weight is 335 g/mol. The van der Waals surface area contributed by atoms with Crippen LogP contribution in [0.25, 0.3) is 0 Å². The van der Waals surface area contributed by atoms with Gasteiger partial charge in [-0.05, 0) is 23.6 Å². The van der Waals surface area contributed by atoms with E-state index in [0.29, 0.717) is 13.0 Å². The van der Waals surface area contributed by atoms with E-state index in [1.54, 1.807) is 6.07 Å². The number of furan rings is 1. The maximum Gasteiger partial charge on any atom is 0.232 e. The van der Waals surface area contributed by atoms with Crippen LogP contribution in [0.15, 0.2) is 83.7 Å².